The van der Waals surface area contributed by atoms with Gasteiger partial charge in [0.2, 0.25) is 17.6 Å². The largest absolute Gasteiger partial charge is 0.352 e. The van der Waals surface area contributed by atoms with Crippen LogP contribution in [0.15, 0.2) is 53.1 Å². The molecule has 2 aromatic carbocycles. The highest BCUT2D eigenvalue weighted by Gasteiger charge is 2.26. The number of piperidine rings is 1. The summed E-state index contributed by atoms with van der Waals surface area (Å²) in [7, 11) is 0. The molecule has 4 rings (SSSR count). The average Bonchev–Trinajstić information content (AvgIpc) is 3.24. The van der Waals surface area contributed by atoms with Crippen LogP contribution in [0, 0.1) is 11.7 Å². The summed E-state index contributed by atoms with van der Waals surface area (Å²) in [5.41, 5.74) is 1.70. The van der Waals surface area contributed by atoms with Crippen molar-refractivity contribution < 1.29 is 13.7 Å². The summed E-state index contributed by atoms with van der Waals surface area (Å²) in [4.78, 5) is 19.2. The first kappa shape index (κ1) is 20.5. The standard InChI is InChI=1S/C22H22ClFN4O2/c23-18-12-15(6-7-19(18)24)13-25-22(29)17-8-10-28(11-9-17)14-20-26-21(27-30-20)16-4-2-1-3-5-16/h1-7,12,17H,8-11,13-14H2,(H,25,29). The lowest BCUT2D eigenvalue weighted by molar-refractivity contribution is -0.126. The number of carbonyl (C=O) groups excluding carboxylic acids is 1. The molecule has 0 atom stereocenters. The van der Waals surface area contributed by atoms with Crippen LogP contribution in [0.25, 0.3) is 11.4 Å². The van der Waals surface area contributed by atoms with E-state index in [1.165, 1.54) is 12.1 Å². The summed E-state index contributed by atoms with van der Waals surface area (Å²) in [6, 6.07) is 14.2. The first-order valence-electron chi connectivity index (χ1n) is 9.90. The molecule has 1 aromatic heterocycles. The lowest BCUT2D eigenvalue weighted by atomic mass is 9.96. The van der Waals surface area contributed by atoms with Crippen molar-refractivity contribution in [1.29, 1.82) is 0 Å². The van der Waals surface area contributed by atoms with E-state index in [0.29, 0.717) is 24.8 Å². The normalized spacial score (nSPS) is 15.3. The van der Waals surface area contributed by atoms with Crippen LogP contribution in [0.4, 0.5) is 4.39 Å². The lowest BCUT2D eigenvalue weighted by Crippen LogP contribution is -2.40. The van der Waals surface area contributed by atoms with Crippen LogP contribution in [0.1, 0.15) is 24.3 Å². The predicted molar refractivity (Wildman–Crippen MR) is 111 cm³/mol. The molecule has 3 aromatic rings. The van der Waals surface area contributed by atoms with E-state index in [4.69, 9.17) is 16.1 Å². The molecule has 1 saturated heterocycles. The van der Waals surface area contributed by atoms with Crippen molar-refractivity contribution in [3.63, 3.8) is 0 Å². The number of carbonyl (C=O) groups is 1. The number of halogens is 2. The van der Waals surface area contributed by atoms with Gasteiger partial charge >= 0.3 is 0 Å². The Hall–Kier alpha value is -2.77. The molecule has 6 nitrogen and oxygen atoms in total. The van der Waals surface area contributed by atoms with Crippen LogP contribution in [0.3, 0.4) is 0 Å². The van der Waals surface area contributed by atoms with Gasteiger partial charge in [0.05, 0.1) is 11.6 Å². The van der Waals surface area contributed by atoms with Crippen LogP contribution in [0.5, 0.6) is 0 Å². The maximum Gasteiger partial charge on any atom is 0.241 e. The van der Waals surface area contributed by atoms with E-state index in [1.807, 2.05) is 30.3 Å². The number of likely N-dealkylation sites (tertiary alicyclic amines) is 1. The van der Waals surface area contributed by atoms with Crippen molar-refractivity contribution in [1.82, 2.24) is 20.4 Å². The summed E-state index contributed by atoms with van der Waals surface area (Å²) in [6.07, 6.45) is 1.52. The van der Waals surface area contributed by atoms with E-state index >= 15 is 0 Å². The Labute approximate surface area is 179 Å². The molecule has 1 N–H and O–H groups in total. The minimum Gasteiger partial charge on any atom is -0.352 e. The van der Waals surface area contributed by atoms with Crippen LogP contribution < -0.4 is 5.32 Å². The van der Waals surface area contributed by atoms with Crippen LogP contribution in [-0.2, 0) is 17.9 Å². The molecule has 0 bridgehead atoms. The van der Waals surface area contributed by atoms with Crippen molar-refractivity contribution in [2.24, 2.45) is 5.92 Å². The number of rotatable bonds is 6. The van der Waals surface area contributed by atoms with E-state index < -0.39 is 5.82 Å². The van der Waals surface area contributed by atoms with Gasteiger partial charge in [0, 0.05) is 18.0 Å². The molecule has 1 aliphatic heterocycles. The van der Waals surface area contributed by atoms with Gasteiger partial charge in [-0.05, 0) is 43.6 Å². The molecule has 2 heterocycles. The van der Waals surface area contributed by atoms with Crippen molar-refractivity contribution in [3.8, 4) is 11.4 Å². The third-order valence-corrected chi connectivity index (χ3v) is 5.56. The third kappa shape index (κ3) is 5.04. The van der Waals surface area contributed by atoms with Crippen molar-refractivity contribution in [2.75, 3.05) is 13.1 Å². The molecule has 0 spiro atoms. The molecular weight excluding hydrogens is 407 g/mol. The third-order valence-electron chi connectivity index (χ3n) is 5.27. The van der Waals surface area contributed by atoms with Crippen LogP contribution >= 0.6 is 11.6 Å². The number of amides is 1. The maximum atomic E-state index is 13.2. The second-order valence-corrected chi connectivity index (χ2v) is 7.80. The number of nitrogens with one attached hydrogen (secondary N) is 1. The minimum atomic E-state index is -0.462. The van der Waals surface area contributed by atoms with Gasteiger partial charge in [-0.15, -0.1) is 0 Å². The fourth-order valence-electron chi connectivity index (χ4n) is 3.55. The number of nitrogens with zero attached hydrogens (tertiary/aromatic N) is 3. The van der Waals surface area contributed by atoms with E-state index in [1.54, 1.807) is 6.07 Å². The second-order valence-electron chi connectivity index (χ2n) is 7.39. The lowest BCUT2D eigenvalue weighted by Gasteiger charge is -2.30. The maximum absolute atomic E-state index is 13.2. The fourth-order valence-corrected chi connectivity index (χ4v) is 3.75. The van der Waals surface area contributed by atoms with E-state index in [0.717, 1.165) is 37.1 Å². The van der Waals surface area contributed by atoms with E-state index in [2.05, 4.69) is 20.4 Å². The number of hydrogen-bond acceptors (Lipinski definition) is 5. The Morgan fingerprint density at radius 3 is 2.70 bits per heavy atom. The van der Waals surface area contributed by atoms with Gasteiger partial charge in [-0.25, -0.2) is 4.39 Å². The van der Waals surface area contributed by atoms with Gasteiger partial charge in [0.15, 0.2) is 0 Å². The zero-order valence-electron chi connectivity index (χ0n) is 16.4. The highest BCUT2D eigenvalue weighted by Crippen LogP contribution is 2.21. The molecule has 30 heavy (non-hydrogen) atoms. The topological polar surface area (TPSA) is 71.3 Å². The highest BCUT2D eigenvalue weighted by atomic mass is 35.5. The molecule has 0 saturated carbocycles. The number of aromatic nitrogens is 2. The number of benzene rings is 2. The van der Waals surface area contributed by atoms with Gasteiger partial charge in [-0.2, -0.15) is 4.98 Å². The summed E-state index contributed by atoms with van der Waals surface area (Å²) in [5, 5.41) is 7.03. The summed E-state index contributed by atoms with van der Waals surface area (Å²) >= 11 is 5.79. The van der Waals surface area contributed by atoms with E-state index in [9.17, 15) is 9.18 Å². The monoisotopic (exact) mass is 428 g/mol. The van der Waals surface area contributed by atoms with Gasteiger partial charge in [-0.3, -0.25) is 9.69 Å². The predicted octanol–water partition coefficient (Wildman–Crippen LogP) is 4.06. The molecule has 8 heteroatoms. The van der Waals surface area contributed by atoms with Gasteiger partial charge in [0.25, 0.3) is 0 Å². The molecule has 156 valence electrons. The Morgan fingerprint density at radius 1 is 1.20 bits per heavy atom. The Kier molecular flexibility index (Phi) is 6.40. The zero-order valence-corrected chi connectivity index (χ0v) is 17.1. The molecule has 1 amide bonds. The SMILES string of the molecule is O=C(NCc1ccc(F)c(Cl)c1)C1CCN(Cc2nc(-c3ccccc3)no2)CC1. The molecule has 0 radical (unpaired) electrons. The van der Waals surface area contributed by atoms with Gasteiger partial charge in [-0.1, -0.05) is 53.2 Å². The summed E-state index contributed by atoms with van der Waals surface area (Å²) in [5.74, 6) is 0.668. The highest BCUT2D eigenvalue weighted by molar-refractivity contribution is 6.30. The summed E-state index contributed by atoms with van der Waals surface area (Å²) in [6.45, 7) is 2.47. The molecule has 1 aliphatic rings. The number of hydrogen-bond donors (Lipinski definition) is 1. The fraction of sp³-hybridized carbons (Fsp3) is 0.318. The Balaban J connectivity index is 1.24. The Morgan fingerprint density at radius 2 is 1.97 bits per heavy atom. The minimum absolute atomic E-state index is 0.0132. The van der Waals surface area contributed by atoms with E-state index in [-0.39, 0.29) is 16.8 Å². The van der Waals surface area contributed by atoms with Crippen molar-refractivity contribution >= 4 is 17.5 Å². The molecule has 0 aliphatic carbocycles. The first-order valence-corrected chi connectivity index (χ1v) is 10.3. The van der Waals surface area contributed by atoms with Crippen molar-refractivity contribution in [3.05, 3.63) is 70.8 Å². The van der Waals surface area contributed by atoms with Gasteiger partial charge in [0.1, 0.15) is 5.82 Å². The average molecular weight is 429 g/mol. The quantitative estimate of drug-likeness (QED) is 0.641. The molecule has 1 fully saturated rings. The smallest absolute Gasteiger partial charge is 0.241 e. The summed E-state index contributed by atoms with van der Waals surface area (Å²) < 4.78 is 18.6. The first-order chi connectivity index (χ1) is 14.6. The zero-order chi connectivity index (χ0) is 20.9. The van der Waals surface area contributed by atoms with Crippen LogP contribution in [0.2, 0.25) is 5.02 Å². The second kappa shape index (κ2) is 9.36. The Bertz CT molecular complexity index is 1000. The molecule has 0 unspecified atom stereocenters. The van der Waals surface area contributed by atoms with Crippen LogP contribution in [-0.4, -0.2) is 34.0 Å². The van der Waals surface area contributed by atoms with Gasteiger partial charge < -0.3 is 9.84 Å². The van der Waals surface area contributed by atoms with Crippen molar-refractivity contribution in [2.45, 2.75) is 25.9 Å². The molecular formula is C22H22ClFN4O2.